The zero-order valence-electron chi connectivity index (χ0n) is 17.4. The zero-order valence-corrected chi connectivity index (χ0v) is 18.1. The Balaban J connectivity index is 1.54. The maximum absolute atomic E-state index is 12.5. The highest BCUT2D eigenvalue weighted by atomic mass is 35.5. The van der Waals surface area contributed by atoms with Crippen LogP contribution in [0.1, 0.15) is 28.4 Å². The molecule has 0 fully saturated rings. The summed E-state index contributed by atoms with van der Waals surface area (Å²) < 4.78 is 2.11. The van der Waals surface area contributed by atoms with Crippen LogP contribution in [0.3, 0.4) is 0 Å². The number of anilines is 1. The van der Waals surface area contributed by atoms with Crippen molar-refractivity contribution in [1.82, 2.24) is 9.99 Å². The van der Waals surface area contributed by atoms with E-state index in [0.29, 0.717) is 22.8 Å². The smallest absolute Gasteiger partial charge is 0.271 e. The van der Waals surface area contributed by atoms with Crippen LogP contribution in [0.5, 0.6) is 0 Å². The van der Waals surface area contributed by atoms with E-state index in [1.54, 1.807) is 30.5 Å². The number of aromatic nitrogens is 1. The Hall–Kier alpha value is -3.90. The molecule has 4 rings (SSSR count). The third kappa shape index (κ3) is 4.87. The van der Waals surface area contributed by atoms with Gasteiger partial charge in [-0.25, -0.2) is 5.43 Å². The van der Waals surface area contributed by atoms with Crippen molar-refractivity contribution in [3.63, 3.8) is 0 Å². The number of nitrogens with zero attached hydrogens (tertiary/aromatic N) is 2. The minimum absolute atomic E-state index is 0.200. The predicted octanol–water partition coefficient (Wildman–Crippen LogP) is 5.07. The van der Waals surface area contributed by atoms with Crippen LogP contribution >= 0.6 is 11.6 Å². The van der Waals surface area contributed by atoms with Gasteiger partial charge >= 0.3 is 0 Å². The molecule has 1 heterocycles. The fourth-order valence-corrected chi connectivity index (χ4v) is 3.68. The van der Waals surface area contributed by atoms with E-state index in [1.165, 1.54) is 6.92 Å². The van der Waals surface area contributed by atoms with E-state index < -0.39 is 0 Å². The molecule has 1 aromatic heterocycles. The molecule has 0 spiro atoms. The van der Waals surface area contributed by atoms with Gasteiger partial charge in [-0.05, 0) is 35.9 Å². The van der Waals surface area contributed by atoms with Crippen molar-refractivity contribution in [2.75, 3.05) is 5.32 Å². The molecule has 6 nitrogen and oxygen atoms in total. The largest absolute Gasteiger partial charge is 0.342 e. The van der Waals surface area contributed by atoms with Gasteiger partial charge in [0, 0.05) is 52.4 Å². The second kappa shape index (κ2) is 9.49. The lowest BCUT2D eigenvalue weighted by Gasteiger charge is -2.07. The number of hydrogen-bond acceptors (Lipinski definition) is 3. The van der Waals surface area contributed by atoms with E-state index in [0.717, 1.165) is 22.0 Å². The third-order valence-electron chi connectivity index (χ3n) is 4.93. The highest BCUT2D eigenvalue weighted by Gasteiger charge is 2.09. The number of carbonyl (C=O) groups excluding carboxylic acids is 2. The number of hydrazone groups is 1. The highest BCUT2D eigenvalue weighted by Crippen LogP contribution is 2.23. The first kappa shape index (κ1) is 21.3. The number of fused-ring (bicyclic) bond motifs is 1. The summed E-state index contributed by atoms with van der Waals surface area (Å²) in [7, 11) is 0. The molecule has 4 aromatic rings. The molecule has 0 atom stereocenters. The summed E-state index contributed by atoms with van der Waals surface area (Å²) in [6.07, 6.45) is 3.61. The number of carbonyl (C=O) groups is 2. The van der Waals surface area contributed by atoms with Gasteiger partial charge in [0.25, 0.3) is 5.91 Å². The van der Waals surface area contributed by atoms with Crippen molar-refractivity contribution in [3.05, 3.63) is 101 Å². The molecule has 0 aliphatic heterocycles. The Morgan fingerprint density at radius 1 is 1.03 bits per heavy atom. The number of benzene rings is 3. The summed E-state index contributed by atoms with van der Waals surface area (Å²) in [6.45, 7) is 2.04. The van der Waals surface area contributed by atoms with Gasteiger partial charge in [0.15, 0.2) is 0 Å². The molecule has 32 heavy (non-hydrogen) atoms. The van der Waals surface area contributed by atoms with Gasteiger partial charge in [-0.3, -0.25) is 9.59 Å². The molecule has 2 amide bonds. The van der Waals surface area contributed by atoms with Crippen molar-refractivity contribution >= 4 is 46.2 Å². The summed E-state index contributed by atoms with van der Waals surface area (Å²) in [4.78, 5) is 23.7. The molecule has 0 aliphatic rings. The first-order valence-corrected chi connectivity index (χ1v) is 10.4. The Bertz CT molecular complexity index is 1330. The topological polar surface area (TPSA) is 75.5 Å². The second-order valence-electron chi connectivity index (χ2n) is 7.28. The maximum atomic E-state index is 12.5. The molecule has 0 saturated heterocycles. The zero-order chi connectivity index (χ0) is 22.5. The molecule has 0 unspecified atom stereocenters. The van der Waals surface area contributed by atoms with Gasteiger partial charge in [-0.15, -0.1) is 0 Å². The fourth-order valence-electron chi connectivity index (χ4n) is 3.49. The lowest BCUT2D eigenvalue weighted by atomic mass is 10.2. The lowest BCUT2D eigenvalue weighted by Crippen LogP contribution is -2.18. The summed E-state index contributed by atoms with van der Waals surface area (Å²) in [5, 5.41) is 8.54. The van der Waals surface area contributed by atoms with Crippen LogP contribution in [0.25, 0.3) is 10.9 Å². The predicted molar refractivity (Wildman–Crippen MR) is 128 cm³/mol. The standard InChI is InChI=1S/C25H21ClN4O2/c1-17(31)28-21-9-6-8-18(13-21)25(32)29-27-14-20-16-30(24-12-5-3-10-22(20)24)15-19-7-2-4-11-23(19)26/h2-14,16H,15H2,1H3,(H,28,31)(H,29,32). The molecule has 0 radical (unpaired) electrons. The third-order valence-corrected chi connectivity index (χ3v) is 5.30. The second-order valence-corrected chi connectivity index (χ2v) is 7.69. The number of amides is 2. The van der Waals surface area contributed by atoms with Crippen molar-refractivity contribution in [1.29, 1.82) is 0 Å². The fraction of sp³-hybridized carbons (Fsp3) is 0.0800. The summed E-state index contributed by atoms with van der Waals surface area (Å²) in [5.74, 6) is -0.568. The van der Waals surface area contributed by atoms with Crippen LogP contribution in [0.2, 0.25) is 5.02 Å². The van der Waals surface area contributed by atoms with Crippen LogP contribution in [0.15, 0.2) is 84.1 Å². The van der Waals surface area contributed by atoms with Gasteiger partial charge in [-0.2, -0.15) is 5.10 Å². The van der Waals surface area contributed by atoms with Crippen LogP contribution in [-0.2, 0) is 11.3 Å². The minimum Gasteiger partial charge on any atom is -0.342 e. The summed E-state index contributed by atoms with van der Waals surface area (Å²) in [5.41, 5.74) is 6.44. The average molecular weight is 445 g/mol. The van der Waals surface area contributed by atoms with Gasteiger partial charge in [-0.1, -0.05) is 54.1 Å². The van der Waals surface area contributed by atoms with E-state index in [1.807, 2.05) is 54.7 Å². The monoisotopic (exact) mass is 444 g/mol. The quantitative estimate of drug-likeness (QED) is 0.322. The van der Waals surface area contributed by atoms with Gasteiger partial charge < -0.3 is 9.88 Å². The van der Waals surface area contributed by atoms with Crippen LogP contribution in [0.4, 0.5) is 5.69 Å². The summed E-state index contributed by atoms with van der Waals surface area (Å²) in [6, 6.07) is 22.4. The van der Waals surface area contributed by atoms with Gasteiger partial charge in [0.2, 0.25) is 5.91 Å². The first-order valence-electron chi connectivity index (χ1n) is 10.0. The lowest BCUT2D eigenvalue weighted by molar-refractivity contribution is -0.114. The van der Waals surface area contributed by atoms with Crippen LogP contribution in [-0.4, -0.2) is 22.6 Å². The van der Waals surface area contributed by atoms with E-state index in [9.17, 15) is 9.59 Å². The maximum Gasteiger partial charge on any atom is 0.271 e. The number of nitrogens with one attached hydrogen (secondary N) is 2. The number of halogens is 1. The molecular weight excluding hydrogens is 424 g/mol. The van der Waals surface area contributed by atoms with Gasteiger partial charge in [0.05, 0.1) is 6.21 Å². The van der Waals surface area contributed by atoms with E-state index in [-0.39, 0.29) is 11.8 Å². The van der Waals surface area contributed by atoms with Crippen molar-refractivity contribution in [2.45, 2.75) is 13.5 Å². The highest BCUT2D eigenvalue weighted by molar-refractivity contribution is 6.31. The normalized spacial score (nSPS) is 11.1. The molecule has 7 heteroatoms. The first-order chi connectivity index (χ1) is 15.5. The molecule has 0 bridgehead atoms. The van der Waals surface area contributed by atoms with E-state index >= 15 is 0 Å². The molecule has 160 valence electrons. The van der Waals surface area contributed by atoms with Crippen LogP contribution in [0, 0.1) is 0 Å². The molecule has 0 saturated carbocycles. The van der Waals surface area contributed by atoms with E-state index in [4.69, 9.17) is 11.6 Å². The van der Waals surface area contributed by atoms with Crippen molar-refractivity contribution in [2.24, 2.45) is 5.10 Å². The molecule has 3 aromatic carbocycles. The molecule has 0 aliphatic carbocycles. The Morgan fingerprint density at radius 3 is 2.62 bits per heavy atom. The Morgan fingerprint density at radius 2 is 1.81 bits per heavy atom. The molecule has 2 N–H and O–H groups in total. The SMILES string of the molecule is CC(=O)Nc1cccc(C(=O)NN=Cc2cn(Cc3ccccc3Cl)c3ccccc23)c1. The summed E-state index contributed by atoms with van der Waals surface area (Å²) >= 11 is 6.34. The van der Waals surface area contributed by atoms with E-state index in [2.05, 4.69) is 20.4 Å². The van der Waals surface area contributed by atoms with Crippen molar-refractivity contribution < 1.29 is 9.59 Å². The Labute approximate surface area is 190 Å². The Kier molecular flexibility index (Phi) is 6.33. The van der Waals surface area contributed by atoms with Crippen LogP contribution < -0.4 is 10.7 Å². The number of rotatable bonds is 6. The average Bonchev–Trinajstić information content (AvgIpc) is 3.12. The molecular formula is C25H21ClN4O2. The van der Waals surface area contributed by atoms with Crippen molar-refractivity contribution in [3.8, 4) is 0 Å². The number of hydrogen-bond donors (Lipinski definition) is 2. The number of para-hydroxylation sites is 1. The van der Waals surface area contributed by atoms with Gasteiger partial charge in [0.1, 0.15) is 0 Å². The minimum atomic E-state index is -0.367.